The fourth-order valence-electron chi connectivity index (χ4n) is 3.59. The van der Waals surface area contributed by atoms with Gasteiger partial charge >= 0.3 is 0 Å². The molecule has 1 aliphatic rings. The van der Waals surface area contributed by atoms with Crippen molar-refractivity contribution in [2.75, 3.05) is 0 Å². The average Bonchev–Trinajstić information content (AvgIpc) is 2.99. The molecule has 5 nitrogen and oxygen atoms in total. The Hall–Kier alpha value is -2.84. The van der Waals surface area contributed by atoms with Gasteiger partial charge in [-0.15, -0.1) is 0 Å². The molecule has 146 valence electrons. The Labute approximate surface area is 190 Å². The van der Waals surface area contributed by atoms with E-state index in [9.17, 15) is 9.59 Å². The quantitative estimate of drug-likeness (QED) is 0.267. The molecule has 2 amide bonds. The summed E-state index contributed by atoms with van der Waals surface area (Å²) >= 11 is 8.65. The minimum atomic E-state index is -0.328. The summed E-state index contributed by atoms with van der Waals surface area (Å²) in [5.74, 6) is -0.657. The Morgan fingerprint density at radius 1 is 0.800 bits per heavy atom. The number of para-hydroxylation sites is 1. The SMILES string of the molecule is O=C1c2ccccc2C(=O)N1Cc1nc2c(I)cccc2nc1-c1ccccc1Cl. The number of fused-ring (bicyclic) bond motifs is 2. The van der Waals surface area contributed by atoms with Crippen LogP contribution in [-0.4, -0.2) is 26.7 Å². The van der Waals surface area contributed by atoms with Crippen LogP contribution >= 0.6 is 34.2 Å². The monoisotopic (exact) mass is 525 g/mol. The van der Waals surface area contributed by atoms with Crippen molar-refractivity contribution in [1.29, 1.82) is 0 Å². The van der Waals surface area contributed by atoms with Crippen LogP contribution < -0.4 is 0 Å². The Morgan fingerprint density at radius 2 is 1.43 bits per heavy atom. The smallest absolute Gasteiger partial charge is 0.261 e. The van der Waals surface area contributed by atoms with Gasteiger partial charge in [-0.2, -0.15) is 0 Å². The van der Waals surface area contributed by atoms with E-state index in [0.29, 0.717) is 33.1 Å². The third-order valence-corrected chi connectivity index (χ3v) is 6.23. The summed E-state index contributed by atoms with van der Waals surface area (Å²) in [6, 6.07) is 19.9. The van der Waals surface area contributed by atoms with E-state index in [-0.39, 0.29) is 18.4 Å². The van der Waals surface area contributed by atoms with Crippen LogP contribution in [0.1, 0.15) is 26.4 Å². The van der Waals surface area contributed by atoms with Gasteiger partial charge in [0.2, 0.25) is 0 Å². The number of benzene rings is 3. The van der Waals surface area contributed by atoms with Crippen molar-refractivity contribution < 1.29 is 9.59 Å². The number of aromatic nitrogens is 2. The van der Waals surface area contributed by atoms with Gasteiger partial charge in [0.25, 0.3) is 11.8 Å². The van der Waals surface area contributed by atoms with Gasteiger partial charge in [-0.1, -0.05) is 48.0 Å². The van der Waals surface area contributed by atoms with Crippen molar-refractivity contribution in [1.82, 2.24) is 14.9 Å². The molecule has 0 unspecified atom stereocenters. The van der Waals surface area contributed by atoms with E-state index in [1.165, 1.54) is 4.90 Å². The van der Waals surface area contributed by atoms with E-state index in [2.05, 4.69) is 22.6 Å². The molecule has 30 heavy (non-hydrogen) atoms. The highest BCUT2D eigenvalue weighted by molar-refractivity contribution is 14.1. The lowest BCUT2D eigenvalue weighted by molar-refractivity contribution is 0.0640. The Bertz CT molecular complexity index is 1320. The molecular formula is C23H13ClIN3O2. The molecule has 0 atom stereocenters. The highest BCUT2D eigenvalue weighted by atomic mass is 127. The zero-order chi connectivity index (χ0) is 20.8. The third-order valence-electron chi connectivity index (χ3n) is 5.03. The fraction of sp³-hybridized carbons (Fsp3) is 0.0435. The molecule has 2 heterocycles. The summed E-state index contributed by atoms with van der Waals surface area (Å²) in [4.78, 5) is 36.6. The van der Waals surface area contributed by atoms with Crippen LogP contribution in [-0.2, 0) is 6.54 Å². The Morgan fingerprint density at radius 3 is 2.10 bits per heavy atom. The summed E-state index contributed by atoms with van der Waals surface area (Å²) in [5, 5.41) is 0.528. The van der Waals surface area contributed by atoms with E-state index in [0.717, 1.165) is 14.6 Å². The molecule has 1 aliphatic heterocycles. The topological polar surface area (TPSA) is 63.2 Å². The first kappa shape index (κ1) is 19.1. The van der Waals surface area contributed by atoms with Crippen LogP contribution in [0.15, 0.2) is 66.7 Å². The number of amides is 2. The van der Waals surface area contributed by atoms with Crippen LogP contribution in [0.3, 0.4) is 0 Å². The Balaban J connectivity index is 1.68. The van der Waals surface area contributed by atoms with Crippen LogP contribution in [0.25, 0.3) is 22.3 Å². The molecule has 5 rings (SSSR count). The van der Waals surface area contributed by atoms with Gasteiger partial charge in [-0.3, -0.25) is 14.5 Å². The van der Waals surface area contributed by atoms with Gasteiger partial charge in [-0.05, 0) is 52.9 Å². The van der Waals surface area contributed by atoms with E-state index in [1.54, 1.807) is 30.3 Å². The molecule has 0 saturated carbocycles. The van der Waals surface area contributed by atoms with Crippen molar-refractivity contribution in [3.05, 3.63) is 92.1 Å². The molecule has 3 aromatic carbocycles. The van der Waals surface area contributed by atoms with Crippen LogP contribution in [0.4, 0.5) is 0 Å². The maximum atomic E-state index is 12.9. The van der Waals surface area contributed by atoms with E-state index in [4.69, 9.17) is 21.6 Å². The van der Waals surface area contributed by atoms with Crippen molar-refractivity contribution in [3.8, 4) is 11.3 Å². The predicted octanol–water partition coefficient (Wildman–Crippen LogP) is 5.35. The average molecular weight is 526 g/mol. The van der Waals surface area contributed by atoms with Gasteiger partial charge in [-0.25, -0.2) is 9.97 Å². The van der Waals surface area contributed by atoms with Crippen molar-refractivity contribution in [2.45, 2.75) is 6.54 Å². The first-order valence-electron chi connectivity index (χ1n) is 9.20. The first-order chi connectivity index (χ1) is 14.5. The third kappa shape index (κ3) is 3.07. The number of carbonyl (C=O) groups is 2. The molecule has 0 spiro atoms. The highest BCUT2D eigenvalue weighted by Gasteiger charge is 2.36. The number of hydrogen-bond donors (Lipinski definition) is 0. The van der Waals surface area contributed by atoms with Gasteiger partial charge in [0.1, 0.15) is 5.52 Å². The number of imide groups is 1. The number of nitrogens with zero attached hydrogens (tertiary/aromatic N) is 3. The second-order valence-corrected chi connectivity index (χ2v) is 8.42. The maximum Gasteiger partial charge on any atom is 0.261 e. The molecule has 0 radical (unpaired) electrons. The molecule has 0 fully saturated rings. The molecule has 0 bridgehead atoms. The fourth-order valence-corrected chi connectivity index (χ4v) is 4.42. The minimum Gasteiger partial charge on any atom is -0.269 e. The van der Waals surface area contributed by atoms with Crippen molar-refractivity contribution in [3.63, 3.8) is 0 Å². The first-order valence-corrected chi connectivity index (χ1v) is 10.7. The number of rotatable bonds is 3. The second kappa shape index (κ2) is 7.45. The summed E-state index contributed by atoms with van der Waals surface area (Å²) in [6.07, 6.45) is 0. The van der Waals surface area contributed by atoms with Crippen LogP contribution in [0, 0.1) is 3.57 Å². The molecule has 1 aromatic heterocycles. The number of halogens is 2. The standard InChI is InChI=1S/C23H13ClIN3O2/c24-16-9-4-3-8-15(16)20-19(27-21-17(25)10-5-11-18(21)26-20)12-28-22(29)13-6-1-2-7-14(13)23(28)30/h1-11H,12H2. The molecule has 0 N–H and O–H groups in total. The molecule has 0 aliphatic carbocycles. The minimum absolute atomic E-state index is 0.0147. The second-order valence-electron chi connectivity index (χ2n) is 6.85. The van der Waals surface area contributed by atoms with Gasteiger partial charge < -0.3 is 0 Å². The largest absolute Gasteiger partial charge is 0.269 e. The van der Waals surface area contributed by atoms with Gasteiger partial charge in [0.15, 0.2) is 0 Å². The van der Waals surface area contributed by atoms with Gasteiger partial charge in [0.05, 0.1) is 39.6 Å². The number of carbonyl (C=O) groups excluding carboxylic acids is 2. The summed E-state index contributed by atoms with van der Waals surface area (Å²) in [5.41, 5.74) is 4.05. The predicted molar refractivity (Wildman–Crippen MR) is 123 cm³/mol. The highest BCUT2D eigenvalue weighted by Crippen LogP contribution is 2.32. The van der Waals surface area contributed by atoms with Crippen molar-refractivity contribution >= 4 is 57.0 Å². The summed E-state index contributed by atoms with van der Waals surface area (Å²) in [6.45, 7) is 0.0147. The molecule has 0 saturated heterocycles. The summed E-state index contributed by atoms with van der Waals surface area (Å²) in [7, 11) is 0. The van der Waals surface area contributed by atoms with Crippen LogP contribution in [0.5, 0.6) is 0 Å². The van der Waals surface area contributed by atoms with Crippen molar-refractivity contribution in [2.24, 2.45) is 0 Å². The summed E-state index contributed by atoms with van der Waals surface area (Å²) < 4.78 is 0.937. The number of hydrogen-bond acceptors (Lipinski definition) is 4. The van der Waals surface area contributed by atoms with E-state index >= 15 is 0 Å². The van der Waals surface area contributed by atoms with Crippen LogP contribution in [0.2, 0.25) is 5.02 Å². The molecule has 7 heteroatoms. The molecular weight excluding hydrogens is 513 g/mol. The lowest BCUT2D eigenvalue weighted by atomic mass is 10.1. The zero-order valence-electron chi connectivity index (χ0n) is 15.5. The Kier molecular flexibility index (Phi) is 4.75. The van der Waals surface area contributed by atoms with E-state index in [1.807, 2.05) is 36.4 Å². The van der Waals surface area contributed by atoms with Gasteiger partial charge in [0, 0.05) is 9.13 Å². The molecule has 4 aromatic rings. The lowest BCUT2D eigenvalue weighted by Crippen LogP contribution is -2.30. The van der Waals surface area contributed by atoms with E-state index < -0.39 is 0 Å². The zero-order valence-corrected chi connectivity index (χ0v) is 18.4. The lowest BCUT2D eigenvalue weighted by Gasteiger charge is -2.17. The normalized spacial score (nSPS) is 13.2. The maximum absolute atomic E-state index is 12.9.